The standard InChI is InChI=1S/C25H32N4O5/c1-15(2)34-22-9-8-19(12-23(22)33-7)24(30)27-28-25(31)21(13-26)11-20-10-16(3)29(18(20)5)17(4)14-32-6/h8-12,15,17H,14H2,1-7H3,(H,27,30)(H,28,31)/b21-11-. The van der Waals surface area contributed by atoms with Crippen molar-refractivity contribution < 1.29 is 23.8 Å². The van der Waals surface area contributed by atoms with Gasteiger partial charge in [-0.15, -0.1) is 0 Å². The first-order valence-electron chi connectivity index (χ1n) is 10.9. The lowest BCUT2D eigenvalue weighted by Crippen LogP contribution is -2.42. The SMILES string of the molecule is COCC(C)n1c(C)cc(/C=C(/C#N)C(=O)NNC(=O)c2ccc(OC(C)C)c(OC)c2)c1C. The summed E-state index contributed by atoms with van der Waals surface area (Å²) in [6.45, 7) is 10.2. The number of benzene rings is 1. The lowest BCUT2D eigenvalue weighted by atomic mass is 10.1. The molecule has 1 unspecified atom stereocenters. The molecule has 0 bridgehead atoms. The number of methoxy groups -OCH3 is 2. The number of hydrogen-bond donors (Lipinski definition) is 2. The number of carbonyl (C=O) groups is 2. The molecule has 0 fully saturated rings. The van der Waals surface area contributed by atoms with E-state index in [1.807, 2.05) is 46.8 Å². The normalized spacial score (nSPS) is 12.1. The number of rotatable bonds is 9. The number of aryl methyl sites for hydroxylation is 1. The fourth-order valence-corrected chi connectivity index (χ4v) is 3.66. The van der Waals surface area contributed by atoms with Crippen LogP contribution >= 0.6 is 0 Å². The van der Waals surface area contributed by atoms with Crippen LogP contribution in [0.25, 0.3) is 6.08 Å². The van der Waals surface area contributed by atoms with Crippen LogP contribution in [0.15, 0.2) is 29.8 Å². The molecule has 0 saturated carbocycles. The van der Waals surface area contributed by atoms with Crippen LogP contribution in [-0.2, 0) is 9.53 Å². The summed E-state index contributed by atoms with van der Waals surface area (Å²) in [6, 6.07) is 8.58. The van der Waals surface area contributed by atoms with Gasteiger partial charge in [-0.2, -0.15) is 5.26 Å². The molecule has 0 aliphatic carbocycles. The maximum atomic E-state index is 12.6. The minimum Gasteiger partial charge on any atom is -0.493 e. The van der Waals surface area contributed by atoms with Crippen molar-refractivity contribution in [1.29, 1.82) is 5.26 Å². The largest absolute Gasteiger partial charge is 0.493 e. The number of nitriles is 1. The van der Waals surface area contributed by atoms with Gasteiger partial charge in [0, 0.05) is 24.1 Å². The number of aromatic nitrogens is 1. The van der Waals surface area contributed by atoms with Crippen LogP contribution in [-0.4, -0.2) is 43.3 Å². The van der Waals surface area contributed by atoms with Gasteiger partial charge in [-0.05, 0) is 70.5 Å². The molecular weight excluding hydrogens is 436 g/mol. The molecule has 0 saturated heterocycles. The first-order chi connectivity index (χ1) is 16.1. The van der Waals surface area contributed by atoms with Gasteiger partial charge in [-0.1, -0.05) is 0 Å². The molecule has 0 aliphatic rings. The summed E-state index contributed by atoms with van der Waals surface area (Å²) in [5.74, 6) is -0.391. The van der Waals surface area contributed by atoms with E-state index in [4.69, 9.17) is 14.2 Å². The molecule has 9 nitrogen and oxygen atoms in total. The summed E-state index contributed by atoms with van der Waals surface area (Å²) in [7, 11) is 3.12. The van der Waals surface area contributed by atoms with E-state index in [1.165, 1.54) is 19.3 Å². The Morgan fingerprint density at radius 3 is 2.41 bits per heavy atom. The fourth-order valence-electron chi connectivity index (χ4n) is 3.66. The first-order valence-corrected chi connectivity index (χ1v) is 10.9. The highest BCUT2D eigenvalue weighted by Crippen LogP contribution is 2.29. The van der Waals surface area contributed by atoms with Crippen LogP contribution in [0.1, 0.15) is 54.1 Å². The van der Waals surface area contributed by atoms with Crippen molar-refractivity contribution in [3.8, 4) is 17.6 Å². The van der Waals surface area contributed by atoms with E-state index in [0.29, 0.717) is 18.1 Å². The number of nitrogens with zero attached hydrogens (tertiary/aromatic N) is 2. The molecule has 1 aromatic heterocycles. The predicted molar refractivity (Wildman–Crippen MR) is 128 cm³/mol. The van der Waals surface area contributed by atoms with Gasteiger partial charge in [0.15, 0.2) is 11.5 Å². The second-order valence-corrected chi connectivity index (χ2v) is 8.11. The minimum absolute atomic E-state index is 0.0587. The molecule has 1 atom stereocenters. The van der Waals surface area contributed by atoms with Crippen LogP contribution in [0.3, 0.4) is 0 Å². The third-order valence-electron chi connectivity index (χ3n) is 5.12. The number of hydrogen-bond acceptors (Lipinski definition) is 6. The summed E-state index contributed by atoms with van der Waals surface area (Å²) in [5.41, 5.74) is 7.37. The molecule has 2 N–H and O–H groups in total. The fraction of sp³-hybridized carbons (Fsp3) is 0.400. The molecule has 2 aromatic rings. The predicted octanol–water partition coefficient (Wildman–Crippen LogP) is 3.48. The molecule has 1 aromatic carbocycles. The Balaban J connectivity index is 2.14. The van der Waals surface area contributed by atoms with E-state index in [9.17, 15) is 14.9 Å². The van der Waals surface area contributed by atoms with E-state index < -0.39 is 11.8 Å². The maximum Gasteiger partial charge on any atom is 0.280 e. The Morgan fingerprint density at radius 2 is 1.82 bits per heavy atom. The second-order valence-electron chi connectivity index (χ2n) is 8.11. The molecule has 0 radical (unpaired) electrons. The third-order valence-corrected chi connectivity index (χ3v) is 5.12. The molecule has 9 heteroatoms. The molecular formula is C25H32N4O5. The second kappa shape index (κ2) is 11.9. The van der Waals surface area contributed by atoms with Gasteiger partial charge < -0.3 is 18.8 Å². The molecule has 182 valence electrons. The van der Waals surface area contributed by atoms with Gasteiger partial charge in [-0.3, -0.25) is 20.4 Å². The average molecular weight is 469 g/mol. The van der Waals surface area contributed by atoms with E-state index >= 15 is 0 Å². The lowest BCUT2D eigenvalue weighted by molar-refractivity contribution is -0.117. The molecule has 0 spiro atoms. The molecule has 34 heavy (non-hydrogen) atoms. The molecule has 1 heterocycles. The highest BCUT2D eigenvalue weighted by atomic mass is 16.5. The summed E-state index contributed by atoms with van der Waals surface area (Å²) in [4.78, 5) is 25.1. The van der Waals surface area contributed by atoms with Crippen LogP contribution in [0.2, 0.25) is 0 Å². The molecule has 2 rings (SSSR count). The number of nitrogens with one attached hydrogen (secondary N) is 2. The summed E-state index contributed by atoms with van der Waals surface area (Å²) < 4.78 is 18.3. The number of amides is 2. The van der Waals surface area contributed by atoms with Crippen LogP contribution in [0, 0.1) is 25.2 Å². The molecule has 0 aliphatic heterocycles. The van der Waals surface area contributed by atoms with Crippen LogP contribution < -0.4 is 20.3 Å². The van der Waals surface area contributed by atoms with Crippen molar-refractivity contribution in [2.75, 3.05) is 20.8 Å². The van der Waals surface area contributed by atoms with Crippen molar-refractivity contribution in [1.82, 2.24) is 15.4 Å². The van der Waals surface area contributed by atoms with E-state index in [1.54, 1.807) is 19.2 Å². The van der Waals surface area contributed by atoms with Gasteiger partial charge >= 0.3 is 0 Å². The maximum absolute atomic E-state index is 12.6. The smallest absolute Gasteiger partial charge is 0.280 e. The number of ether oxygens (including phenoxy) is 3. The monoisotopic (exact) mass is 468 g/mol. The van der Waals surface area contributed by atoms with E-state index in [2.05, 4.69) is 15.4 Å². The van der Waals surface area contributed by atoms with Gasteiger partial charge in [0.1, 0.15) is 11.6 Å². The van der Waals surface area contributed by atoms with Crippen LogP contribution in [0.5, 0.6) is 11.5 Å². The Bertz CT molecular complexity index is 1110. The lowest BCUT2D eigenvalue weighted by Gasteiger charge is -2.17. The van der Waals surface area contributed by atoms with Crippen molar-refractivity contribution in [2.24, 2.45) is 0 Å². The zero-order chi connectivity index (χ0) is 25.4. The Labute approximate surface area is 200 Å². The van der Waals surface area contributed by atoms with Crippen molar-refractivity contribution in [2.45, 2.75) is 46.8 Å². The minimum atomic E-state index is -0.725. The average Bonchev–Trinajstić information content (AvgIpc) is 3.08. The Kier molecular flexibility index (Phi) is 9.27. The molecule has 2 amide bonds. The van der Waals surface area contributed by atoms with E-state index in [-0.39, 0.29) is 23.3 Å². The highest BCUT2D eigenvalue weighted by molar-refractivity contribution is 6.03. The Hall–Kier alpha value is -3.77. The third kappa shape index (κ3) is 6.39. The summed E-state index contributed by atoms with van der Waals surface area (Å²) in [5, 5.41) is 9.52. The Morgan fingerprint density at radius 1 is 1.12 bits per heavy atom. The van der Waals surface area contributed by atoms with Gasteiger partial charge in [0.05, 0.1) is 25.9 Å². The van der Waals surface area contributed by atoms with Gasteiger partial charge in [0.25, 0.3) is 11.8 Å². The highest BCUT2D eigenvalue weighted by Gasteiger charge is 2.17. The zero-order valence-corrected chi connectivity index (χ0v) is 20.7. The zero-order valence-electron chi connectivity index (χ0n) is 20.7. The number of hydrazine groups is 1. The number of carbonyl (C=O) groups excluding carboxylic acids is 2. The van der Waals surface area contributed by atoms with Crippen molar-refractivity contribution in [3.05, 3.63) is 52.4 Å². The van der Waals surface area contributed by atoms with Crippen molar-refractivity contribution >= 4 is 17.9 Å². The van der Waals surface area contributed by atoms with Crippen molar-refractivity contribution in [3.63, 3.8) is 0 Å². The van der Waals surface area contributed by atoms with Crippen LogP contribution in [0.4, 0.5) is 0 Å². The summed E-state index contributed by atoms with van der Waals surface area (Å²) in [6.07, 6.45) is 1.44. The summed E-state index contributed by atoms with van der Waals surface area (Å²) >= 11 is 0. The topological polar surface area (TPSA) is 115 Å². The van der Waals surface area contributed by atoms with Gasteiger partial charge in [0.2, 0.25) is 0 Å². The van der Waals surface area contributed by atoms with Gasteiger partial charge in [-0.25, -0.2) is 0 Å². The van der Waals surface area contributed by atoms with E-state index in [0.717, 1.165) is 17.0 Å². The quantitative estimate of drug-likeness (QED) is 0.331. The first kappa shape index (κ1) is 26.5.